The first-order valence-corrected chi connectivity index (χ1v) is 6.97. The third-order valence-corrected chi connectivity index (χ3v) is 4.56. The van der Waals surface area contributed by atoms with Crippen molar-refractivity contribution >= 4 is 0 Å². The molecule has 0 radical (unpaired) electrons. The zero-order chi connectivity index (χ0) is 11.9. The van der Waals surface area contributed by atoms with Crippen LogP contribution in [0.25, 0.3) is 0 Å². The minimum atomic E-state index is -2.38. The Hall–Kier alpha value is -0.220. The number of hydrogen-bond acceptors (Lipinski definition) is 2. The summed E-state index contributed by atoms with van der Waals surface area (Å²) in [5.74, 6) is -1.32. The molecule has 2 saturated carbocycles. The van der Waals surface area contributed by atoms with Crippen molar-refractivity contribution in [1.29, 1.82) is 0 Å². The van der Waals surface area contributed by atoms with Crippen LogP contribution in [0.2, 0.25) is 0 Å². The standard InChI is InChI=1S/C13H22F2N2/c14-13(15)4-3-10(7-13)9-17-6-5-16-8-12(17)11-1-2-11/h10-12,16H,1-9H2. The fraction of sp³-hybridized carbons (Fsp3) is 1.00. The number of nitrogens with zero attached hydrogens (tertiary/aromatic N) is 1. The number of hydrogen-bond donors (Lipinski definition) is 1. The molecule has 0 amide bonds. The SMILES string of the molecule is FC1(F)CCC(CN2CCNCC2C2CC2)C1. The predicted molar refractivity (Wildman–Crippen MR) is 63.2 cm³/mol. The van der Waals surface area contributed by atoms with Crippen LogP contribution in [0, 0.1) is 11.8 Å². The zero-order valence-corrected chi connectivity index (χ0v) is 10.3. The first-order chi connectivity index (χ1) is 8.14. The van der Waals surface area contributed by atoms with E-state index in [2.05, 4.69) is 10.2 Å². The molecule has 2 nitrogen and oxygen atoms in total. The Morgan fingerprint density at radius 1 is 1.24 bits per heavy atom. The molecule has 98 valence electrons. The fourth-order valence-electron chi connectivity index (χ4n) is 3.47. The second-order valence-electron chi connectivity index (χ2n) is 6.07. The molecule has 0 aromatic rings. The summed E-state index contributed by atoms with van der Waals surface area (Å²) < 4.78 is 26.4. The van der Waals surface area contributed by atoms with Crippen molar-refractivity contribution < 1.29 is 8.78 Å². The lowest BCUT2D eigenvalue weighted by molar-refractivity contribution is 0.00188. The van der Waals surface area contributed by atoms with Crippen LogP contribution in [0.1, 0.15) is 32.1 Å². The molecule has 1 heterocycles. The smallest absolute Gasteiger partial charge is 0.248 e. The fourth-order valence-corrected chi connectivity index (χ4v) is 3.47. The molecule has 3 aliphatic rings. The number of nitrogens with one attached hydrogen (secondary N) is 1. The second-order valence-corrected chi connectivity index (χ2v) is 6.07. The van der Waals surface area contributed by atoms with E-state index in [0.29, 0.717) is 12.5 Å². The predicted octanol–water partition coefficient (Wildman–Crippen LogP) is 2.11. The van der Waals surface area contributed by atoms with Gasteiger partial charge in [-0.1, -0.05) is 0 Å². The molecule has 1 aliphatic heterocycles. The minimum absolute atomic E-state index is 0.109. The summed E-state index contributed by atoms with van der Waals surface area (Å²) in [4.78, 5) is 2.49. The molecule has 0 bridgehead atoms. The molecule has 3 fully saturated rings. The van der Waals surface area contributed by atoms with E-state index in [-0.39, 0.29) is 18.8 Å². The summed E-state index contributed by atoms with van der Waals surface area (Å²) in [6.45, 7) is 4.03. The van der Waals surface area contributed by atoms with Gasteiger partial charge >= 0.3 is 0 Å². The van der Waals surface area contributed by atoms with Crippen molar-refractivity contribution in [3.63, 3.8) is 0 Å². The normalized spacial score (nSPS) is 38.5. The molecule has 2 aliphatic carbocycles. The van der Waals surface area contributed by atoms with Crippen molar-refractivity contribution in [3.05, 3.63) is 0 Å². The van der Waals surface area contributed by atoms with Crippen LogP contribution in [0.3, 0.4) is 0 Å². The van der Waals surface area contributed by atoms with Gasteiger partial charge in [0.1, 0.15) is 0 Å². The highest BCUT2D eigenvalue weighted by Gasteiger charge is 2.42. The molecule has 2 unspecified atom stereocenters. The van der Waals surface area contributed by atoms with Gasteiger partial charge in [-0.25, -0.2) is 8.78 Å². The van der Waals surface area contributed by atoms with Crippen molar-refractivity contribution in [2.24, 2.45) is 11.8 Å². The maximum Gasteiger partial charge on any atom is 0.248 e. The zero-order valence-electron chi connectivity index (χ0n) is 10.3. The first kappa shape index (κ1) is 11.8. The Balaban J connectivity index is 1.56. The largest absolute Gasteiger partial charge is 0.314 e. The van der Waals surface area contributed by atoms with Crippen LogP contribution < -0.4 is 5.32 Å². The van der Waals surface area contributed by atoms with Crippen LogP contribution in [-0.2, 0) is 0 Å². The highest BCUT2D eigenvalue weighted by atomic mass is 19.3. The molecule has 0 aromatic carbocycles. The van der Waals surface area contributed by atoms with Gasteiger partial charge in [0, 0.05) is 45.1 Å². The number of alkyl halides is 2. The molecule has 3 rings (SSSR count). The Morgan fingerprint density at radius 2 is 2.06 bits per heavy atom. The van der Waals surface area contributed by atoms with Crippen molar-refractivity contribution in [3.8, 4) is 0 Å². The molecule has 0 spiro atoms. The van der Waals surface area contributed by atoms with E-state index in [4.69, 9.17) is 0 Å². The van der Waals surface area contributed by atoms with E-state index in [1.54, 1.807) is 0 Å². The van der Waals surface area contributed by atoms with Crippen LogP contribution in [0.15, 0.2) is 0 Å². The topological polar surface area (TPSA) is 15.3 Å². The first-order valence-electron chi connectivity index (χ1n) is 6.97. The van der Waals surface area contributed by atoms with E-state index < -0.39 is 5.92 Å². The summed E-state index contributed by atoms with van der Waals surface area (Å²) in [7, 11) is 0. The van der Waals surface area contributed by atoms with E-state index >= 15 is 0 Å². The summed E-state index contributed by atoms with van der Waals surface area (Å²) in [5, 5.41) is 3.44. The van der Waals surface area contributed by atoms with E-state index in [0.717, 1.165) is 32.1 Å². The summed E-state index contributed by atoms with van der Waals surface area (Å²) in [5.41, 5.74) is 0. The third-order valence-electron chi connectivity index (χ3n) is 4.56. The maximum absolute atomic E-state index is 13.2. The van der Waals surface area contributed by atoms with Gasteiger partial charge in [0.25, 0.3) is 0 Å². The van der Waals surface area contributed by atoms with Crippen LogP contribution >= 0.6 is 0 Å². The van der Waals surface area contributed by atoms with Gasteiger partial charge in [-0.15, -0.1) is 0 Å². The van der Waals surface area contributed by atoms with Gasteiger partial charge in [-0.2, -0.15) is 0 Å². The van der Waals surface area contributed by atoms with Gasteiger partial charge in [-0.05, 0) is 31.1 Å². The third kappa shape index (κ3) is 2.79. The maximum atomic E-state index is 13.2. The van der Waals surface area contributed by atoms with E-state index in [9.17, 15) is 8.78 Å². The Morgan fingerprint density at radius 3 is 2.71 bits per heavy atom. The van der Waals surface area contributed by atoms with Gasteiger partial charge in [0.2, 0.25) is 5.92 Å². The number of rotatable bonds is 3. The Labute approximate surface area is 102 Å². The molecular weight excluding hydrogens is 222 g/mol. The summed E-state index contributed by atoms with van der Waals surface area (Å²) in [6.07, 6.45) is 3.62. The minimum Gasteiger partial charge on any atom is -0.314 e. The van der Waals surface area contributed by atoms with E-state index in [1.807, 2.05) is 0 Å². The monoisotopic (exact) mass is 244 g/mol. The van der Waals surface area contributed by atoms with Crippen LogP contribution in [-0.4, -0.2) is 43.0 Å². The Kier molecular flexibility index (Phi) is 3.11. The average molecular weight is 244 g/mol. The second kappa shape index (κ2) is 4.47. The summed E-state index contributed by atoms with van der Waals surface area (Å²) >= 11 is 0. The Bertz CT molecular complexity index is 279. The number of halogens is 2. The molecule has 4 heteroatoms. The van der Waals surface area contributed by atoms with Gasteiger partial charge < -0.3 is 5.32 Å². The molecular formula is C13H22F2N2. The highest BCUT2D eigenvalue weighted by molar-refractivity contribution is 4.94. The van der Waals surface area contributed by atoms with Gasteiger partial charge in [0.05, 0.1) is 0 Å². The van der Waals surface area contributed by atoms with Gasteiger partial charge in [-0.3, -0.25) is 4.90 Å². The van der Waals surface area contributed by atoms with Crippen molar-refractivity contribution in [2.45, 2.75) is 44.1 Å². The average Bonchev–Trinajstić information content (AvgIpc) is 3.06. The molecule has 2 atom stereocenters. The van der Waals surface area contributed by atoms with Crippen LogP contribution in [0.4, 0.5) is 8.78 Å². The quantitative estimate of drug-likeness (QED) is 0.818. The van der Waals surface area contributed by atoms with Crippen LogP contribution in [0.5, 0.6) is 0 Å². The van der Waals surface area contributed by atoms with E-state index in [1.165, 1.54) is 12.8 Å². The number of piperazine rings is 1. The highest BCUT2D eigenvalue weighted by Crippen LogP contribution is 2.41. The molecule has 17 heavy (non-hydrogen) atoms. The van der Waals surface area contributed by atoms with Gasteiger partial charge in [0.15, 0.2) is 0 Å². The summed E-state index contributed by atoms with van der Waals surface area (Å²) in [6, 6.07) is 0.623. The van der Waals surface area contributed by atoms with Crippen molar-refractivity contribution in [2.75, 3.05) is 26.2 Å². The molecule has 0 aromatic heterocycles. The lowest BCUT2D eigenvalue weighted by Gasteiger charge is -2.38. The lowest BCUT2D eigenvalue weighted by atomic mass is 10.0. The molecule has 1 N–H and O–H groups in total. The molecule has 1 saturated heterocycles. The van der Waals surface area contributed by atoms with Crippen molar-refractivity contribution in [1.82, 2.24) is 10.2 Å². The lowest BCUT2D eigenvalue weighted by Crippen LogP contribution is -2.53.